The van der Waals surface area contributed by atoms with Crippen LogP contribution in [0.2, 0.25) is 0 Å². The summed E-state index contributed by atoms with van der Waals surface area (Å²) in [5.41, 5.74) is 1.30. The molecular formula is C8H10BrN. The number of alkyl halides is 1. The summed E-state index contributed by atoms with van der Waals surface area (Å²) in [6, 6.07) is 4.06. The molecule has 0 spiro atoms. The van der Waals surface area contributed by atoms with Crippen LogP contribution in [-0.4, -0.2) is 4.98 Å². The van der Waals surface area contributed by atoms with Crippen molar-refractivity contribution in [3.8, 4) is 0 Å². The molecule has 1 aromatic rings. The Morgan fingerprint density at radius 2 is 2.10 bits per heavy atom. The molecule has 0 aliphatic heterocycles. The van der Waals surface area contributed by atoms with Gasteiger partial charge in [0.25, 0.3) is 0 Å². The monoisotopic (exact) mass is 199 g/mol. The maximum absolute atomic E-state index is 3.94. The molecule has 0 N–H and O–H groups in total. The lowest BCUT2D eigenvalue weighted by atomic mass is 10.2. The molecule has 0 aliphatic rings. The van der Waals surface area contributed by atoms with Gasteiger partial charge in [-0.25, -0.2) is 0 Å². The van der Waals surface area contributed by atoms with Crippen LogP contribution in [0.1, 0.15) is 23.7 Å². The second-order valence-electron chi connectivity index (χ2n) is 2.16. The minimum absolute atomic E-state index is 0.482. The first-order valence-corrected chi connectivity index (χ1v) is 4.30. The minimum atomic E-state index is 0.482. The van der Waals surface area contributed by atoms with Gasteiger partial charge >= 0.3 is 0 Å². The molecule has 54 valence electrons. The molecule has 0 aromatic carbocycles. The predicted octanol–water partition coefficient (Wildman–Crippen LogP) is 2.93. The third kappa shape index (κ3) is 1.81. The molecule has 0 fully saturated rings. The van der Waals surface area contributed by atoms with Gasteiger partial charge in [-0.15, -0.1) is 0 Å². The lowest BCUT2D eigenvalue weighted by molar-refractivity contribution is 0.908. The average molecular weight is 200 g/mol. The number of aromatic nitrogens is 1. The van der Waals surface area contributed by atoms with Crippen LogP contribution in [0.5, 0.6) is 0 Å². The molecule has 1 atom stereocenters. The van der Waals surface area contributed by atoms with Crippen LogP contribution in [0.15, 0.2) is 24.5 Å². The summed E-state index contributed by atoms with van der Waals surface area (Å²) in [6.45, 7) is 2.15. The maximum Gasteiger partial charge on any atom is 0.0393 e. The Hall–Kier alpha value is -0.370. The summed E-state index contributed by atoms with van der Waals surface area (Å²) in [6.07, 6.45) is 4.75. The van der Waals surface area contributed by atoms with Crippen molar-refractivity contribution in [2.24, 2.45) is 0 Å². The highest BCUT2D eigenvalue weighted by molar-refractivity contribution is 9.09. The van der Waals surface area contributed by atoms with Gasteiger partial charge in [-0.3, -0.25) is 4.98 Å². The first kappa shape index (κ1) is 7.73. The van der Waals surface area contributed by atoms with E-state index < -0.39 is 0 Å². The highest BCUT2D eigenvalue weighted by Crippen LogP contribution is 2.24. The molecule has 0 amide bonds. The van der Waals surface area contributed by atoms with E-state index >= 15 is 0 Å². The number of hydrogen-bond acceptors (Lipinski definition) is 1. The van der Waals surface area contributed by atoms with Crippen LogP contribution >= 0.6 is 15.9 Å². The molecule has 1 heterocycles. The molecule has 1 nitrogen and oxygen atoms in total. The summed E-state index contributed by atoms with van der Waals surface area (Å²) in [4.78, 5) is 4.42. The van der Waals surface area contributed by atoms with Gasteiger partial charge in [0.15, 0.2) is 0 Å². The van der Waals surface area contributed by atoms with Crippen molar-refractivity contribution in [3.63, 3.8) is 0 Å². The van der Waals surface area contributed by atoms with Crippen LogP contribution in [-0.2, 0) is 0 Å². The molecule has 0 saturated carbocycles. The predicted molar refractivity (Wildman–Crippen MR) is 46.2 cm³/mol. The number of halogens is 1. The van der Waals surface area contributed by atoms with Crippen LogP contribution in [0.3, 0.4) is 0 Å². The number of pyridine rings is 1. The van der Waals surface area contributed by atoms with E-state index in [4.69, 9.17) is 0 Å². The van der Waals surface area contributed by atoms with Gasteiger partial charge in [-0.05, 0) is 24.1 Å². The molecule has 0 aliphatic carbocycles. The van der Waals surface area contributed by atoms with Crippen LogP contribution in [0.4, 0.5) is 0 Å². The smallest absolute Gasteiger partial charge is 0.0393 e. The van der Waals surface area contributed by atoms with E-state index in [9.17, 15) is 0 Å². The molecule has 1 rings (SSSR count). The van der Waals surface area contributed by atoms with Crippen LogP contribution in [0.25, 0.3) is 0 Å². The van der Waals surface area contributed by atoms with Crippen molar-refractivity contribution in [1.82, 2.24) is 4.98 Å². The van der Waals surface area contributed by atoms with E-state index in [2.05, 4.69) is 27.8 Å². The topological polar surface area (TPSA) is 12.9 Å². The Labute approximate surface area is 69.6 Å². The molecule has 10 heavy (non-hydrogen) atoms. The van der Waals surface area contributed by atoms with Gasteiger partial charge in [-0.2, -0.15) is 0 Å². The standard InChI is InChI=1S/C8H10BrN/c1-2-8(9)7-3-5-10-6-4-7/h3-6,8H,2H2,1H3. The van der Waals surface area contributed by atoms with E-state index in [1.54, 1.807) is 0 Å². The molecule has 2 heteroatoms. The van der Waals surface area contributed by atoms with E-state index in [1.165, 1.54) is 5.56 Å². The van der Waals surface area contributed by atoms with Crippen molar-refractivity contribution in [1.29, 1.82) is 0 Å². The van der Waals surface area contributed by atoms with E-state index in [0.29, 0.717) is 4.83 Å². The molecule has 0 bridgehead atoms. The Morgan fingerprint density at radius 1 is 1.50 bits per heavy atom. The normalized spacial score (nSPS) is 13.0. The van der Waals surface area contributed by atoms with Gasteiger partial charge in [0.05, 0.1) is 0 Å². The van der Waals surface area contributed by atoms with E-state index in [-0.39, 0.29) is 0 Å². The molecule has 0 radical (unpaired) electrons. The maximum atomic E-state index is 3.94. The minimum Gasteiger partial charge on any atom is -0.265 e. The summed E-state index contributed by atoms with van der Waals surface area (Å²) < 4.78 is 0. The first-order valence-electron chi connectivity index (χ1n) is 3.38. The third-order valence-corrected chi connectivity index (χ3v) is 2.60. The fourth-order valence-corrected chi connectivity index (χ4v) is 1.11. The largest absolute Gasteiger partial charge is 0.265 e. The fraction of sp³-hybridized carbons (Fsp3) is 0.375. The summed E-state index contributed by atoms with van der Waals surface area (Å²) in [5, 5.41) is 0. The number of rotatable bonds is 2. The zero-order valence-corrected chi connectivity index (χ0v) is 7.51. The third-order valence-electron chi connectivity index (χ3n) is 1.43. The van der Waals surface area contributed by atoms with Crippen molar-refractivity contribution < 1.29 is 0 Å². The first-order chi connectivity index (χ1) is 4.84. The van der Waals surface area contributed by atoms with Crippen molar-refractivity contribution in [3.05, 3.63) is 30.1 Å². The second kappa shape index (κ2) is 3.71. The van der Waals surface area contributed by atoms with Crippen molar-refractivity contribution in [2.45, 2.75) is 18.2 Å². The number of nitrogens with zero attached hydrogens (tertiary/aromatic N) is 1. The zero-order chi connectivity index (χ0) is 7.40. The Morgan fingerprint density at radius 3 is 2.60 bits per heavy atom. The molecule has 1 unspecified atom stereocenters. The Kier molecular flexibility index (Phi) is 2.87. The Balaban J connectivity index is 2.75. The molecule has 0 saturated heterocycles. The van der Waals surface area contributed by atoms with Gasteiger partial charge in [-0.1, -0.05) is 22.9 Å². The van der Waals surface area contributed by atoms with Crippen LogP contribution in [0, 0.1) is 0 Å². The van der Waals surface area contributed by atoms with Gasteiger partial charge < -0.3 is 0 Å². The lowest BCUT2D eigenvalue weighted by Gasteiger charge is -2.04. The second-order valence-corrected chi connectivity index (χ2v) is 3.26. The van der Waals surface area contributed by atoms with Crippen molar-refractivity contribution in [2.75, 3.05) is 0 Å². The zero-order valence-electron chi connectivity index (χ0n) is 5.92. The highest BCUT2D eigenvalue weighted by atomic mass is 79.9. The Bertz CT molecular complexity index is 186. The molecular weight excluding hydrogens is 190 g/mol. The van der Waals surface area contributed by atoms with E-state index in [1.807, 2.05) is 24.5 Å². The van der Waals surface area contributed by atoms with Crippen molar-refractivity contribution >= 4 is 15.9 Å². The fourth-order valence-electron chi connectivity index (χ4n) is 0.808. The quantitative estimate of drug-likeness (QED) is 0.668. The molecule has 1 aromatic heterocycles. The lowest BCUT2D eigenvalue weighted by Crippen LogP contribution is -1.86. The van der Waals surface area contributed by atoms with Crippen LogP contribution < -0.4 is 0 Å². The van der Waals surface area contributed by atoms with Gasteiger partial charge in [0.1, 0.15) is 0 Å². The SMILES string of the molecule is CCC(Br)c1ccncc1. The van der Waals surface area contributed by atoms with E-state index in [0.717, 1.165) is 6.42 Å². The highest BCUT2D eigenvalue weighted by Gasteiger charge is 2.01. The number of hydrogen-bond donors (Lipinski definition) is 0. The van der Waals surface area contributed by atoms with Gasteiger partial charge in [0, 0.05) is 17.2 Å². The summed E-state index contributed by atoms with van der Waals surface area (Å²) >= 11 is 3.56. The average Bonchev–Trinajstić information content (AvgIpc) is 2.05. The van der Waals surface area contributed by atoms with Gasteiger partial charge in [0.2, 0.25) is 0 Å². The summed E-state index contributed by atoms with van der Waals surface area (Å²) in [7, 11) is 0. The summed E-state index contributed by atoms with van der Waals surface area (Å²) in [5.74, 6) is 0.